The third kappa shape index (κ3) is 2.41. The fourth-order valence-electron chi connectivity index (χ4n) is 1.39. The summed E-state index contributed by atoms with van der Waals surface area (Å²) in [4.78, 5) is 8.16. The molecule has 0 radical (unpaired) electrons. The van der Waals surface area contributed by atoms with Crippen LogP contribution in [0.3, 0.4) is 0 Å². The first-order valence-electron chi connectivity index (χ1n) is 4.86. The Kier molecular flexibility index (Phi) is 3.93. The second-order valence-electron chi connectivity index (χ2n) is 3.24. The SMILES string of the molecule is COCc1nn(-c2ncccn2)c(Cl)c1CCl. The fraction of sp³-hybridized carbons (Fsp3) is 0.300. The molecule has 2 aromatic heterocycles. The van der Waals surface area contributed by atoms with Gasteiger partial charge in [0.25, 0.3) is 5.95 Å². The minimum Gasteiger partial charge on any atom is -0.378 e. The van der Waals surface area contributed by atoms with Crippen molar-refractivity contribution in [1.82, 2.24) is 19.7 Å². The topological polar surface area (TPSA) is 52.8 Å². The van der Waals surface area contributed by atoms with Gasteiger partial charge in [-0.25, -0.2) is 9.97 Å². The maximum absolute atomic E-state index is 6.18. The molecular formula is C10H10Cl2N4O. The lowest BCUT2D eigenvalue weighted by molar-refractivity contribution is 0.180. The Balaban J connectivity index is 2.49. The number of hydrogen-bond acceptors (Lipinski definition) is 4. The van der Waals surface area contributed by atoms with Crippen LogP contribution in [0.4, 0.5) is 0 Å². The summed E-state index contributed by atoms with van der Waals surface area (Å²) in [5, 5.41) is 4.71. The molecule has 0 atom stereocenters. The molecule has 0 amide bonds. The highest BCUT2D eigenvalue weighted by atomic mass is 35.5. The zero-order chi connectivity index (χ0) is 12.3. The maximum Gasteiger partial charge on any atom is 0.251 e. The Morgan fingerprint density at radius 1 is 1.35 bits per heavy atom. The molecule has 5 nitrogen and oxygen atoms in total. The number of halogens is 2. The van der Waals surface area contributed by atoms with Gasteiger partial charge in [-0.3, -0.25) is 0 Å². The van der Waals surface area contributed by atoms with Gasteiger partial charge in [0, 0.05) is 25.1 Å². The van der Waals surface area contributed by atoms with E-state index in [-0.39, 0.29) is 5.88 Å². The molecule has 0 bridgehead atoms. The van der Waals surface area contributed by atoms with E-state index in [1.165, 1.54) is 4.68 Å². The molecule has 0 saturated heterocycles. The van der Waals surface area contributed by atoms with Crippen LogP contribution in [0.1, 0.15) is 11.3 Å². The number of alkyl halides is 1. The van der Waals surface area contributed by atoms with E-state index in [9.17, 15) is 0 Å². The average Bonchev–Trinajstić information content (AvgIpc) is 2.67. The van der Waals surface area contributed by atoms with Crippen LogP contribution in [-0.2, 0) is 17.2 Å². The summed E-state index contributed by atoms with van der Waals surface area (Å²) in [5.74, 6) is 0.677. The second kappa shape index (κ2) is 5.44. The summed E-state index contributed by atoms with van der Waals surface area (Å²) in [6.45, 7) is 0.349. The predicted octanol–water partition coefficient (Wildman–Crippen LogP) is 2.20. The van der Waals surface area contributed by atoms with Crippen LogP contribution in [0.2, 0.25) is 5.15 Å². The largest absolute Gasteiger partial charge is 0.378 e. The molecule has 7 heteroatoms. The van der Waals surface area contributed by atoms with E-state index in [1.807, 2.05) is 0 Å². The van der Waals surface area contributed by atoms with Crippen molar-refractivity contribution in [3.8, 4) is 5.95 Å². The molecule has 2 heterocycles. The normalized spacial score (nSPS) is 10.8. The molecule has 0 spiro atoms. The Morgan fingerprint density at radius 3 is 2.65 bits per heavy atom. The highest BCUT2D eigenvalue weighted by Crippen LogP contribution is 2.24. The molecule has 0 aromatic carbocycles. The van der Waals surface area contributed by atoms with Gasteiger partial charge in [-0.1, -0.05) is 11.6 Å². The average molecular weight is 273 g/mol. The molecule has 0 aliphatic heterocycles. The smallest absolute Gasteiger partial charge is 0.251 e. The van der Waals surface area contributed by atoms with Crippen molar-refractivity contribution in [2.75, 3.05) is 7.11 Å². The Labute approximate surface area is 108 Å². The molecule has 17 heavy (non-hydrogen) atoms. The summed E-state index contributed by atoms with van der Waals surface area (Å²) in [7, 11) is 1.59. The molecule has 0 saturated carbocycles. The first kappa shape index (κ1) is 12.3. The van der Waals surface area contributed by atoms with E-state index in [2.05, 4.69) is 15.1 Å². The van der Waals surface area contributed by atoms with Gasteiger partial charge in [0.05, 0.1) is 18.2 Å². The molecule has 0 aliphatic rings. The second-order valence-corrected chi connectivity index (χ2v) is 3.87. The third-order valence-electron chi connectivity index (χ3n) is 2.16. The summed E-state index contributed by atoms with van der Waals surface area (Å²) in [6, 6.07) is 1.72. The van der Waals surface area contributed by atoms with Crippen molar-refractivity contribution in [1.29, 1.82) is 0 Å². The van der Waals surface area contributed by atoms with Crippen molar-refractivity contribution in [3.05, 3.63) is 34.9 Å². The van der Waals surface area contributed by atoms with E-state index in [0.29, 0.717) is 23.4 Å². The number of ether oxygens (including phenoxy) is 1. The zero-order valence-corrected chi connectivity index (χ0v) is 10.6. The molecule has 2 rings (SSSR count). The van der Waals surface area contributed by atoms with Gasteiger partial charge in [0.15, 0.2) is 0 Å². The lowest BCUT2D eigenvalue weighted by Gasteiger charge is -1.99. The highest BCUT2D eigenvalue weighted by Gasteiger charge is 2.17. The molecule has 0 fully saturated rings. The van der Waals surface area contributed by atoms with E-state index in [1.54, 1.807) is 25.6 Å². The van der Waals surface area contributed by atoms with Crippen LogP contribution in [0.5, 0.6) is 0 Å². The molecule has 90 valence electrons. The number of rotatable bonds is 4. The third-order valence-corrected chi connectivity index (χ3v) is 2.82. The Morgan fingerprint density at radius 2 is 2.06 bits per heavy atom. The van der Waals surface area contributed by atoms with Gasteiger partial charge >= 0.3 is 0 Å². The van der Waals surface area contributed by atoms with Crippen molar-refractivity contribution in [2.24, 2.45) is 0 Å². The maximum atomic E-state index is 6.18. The van der Waals surface area contributed by atoms with Gasteiger partial charge in [-0.15, -0.1) is 11.6 Å². The van der Waals surface area contributed by atoms with Crippen LogP contribution in [0.15, 0.2) is 18.5 Å². The van der Waals surface area contributed by atoms with Crippen LogP contribution in [-0.4, -0.2) is 26.9 Å². The standard InChI is InChI=1S/C10H10Cl2N4O/c1-17-6-8-7(5-11)9(12)16(15-8)10-13-3-2-4-14-10/h2-4H,5-6H2,1H3. The molecule has 0 aliphatic carbocycles. The number of nitrogens with zero attached hydrogens (tertiary/aromatic N) is 4. The van der Waals surface area contributed by atoms with E-state index in [0.717, 1.165) is 5.56 Å². The highest BCUT2D eigenvalue weighted by molar-refractivity contribution is 6.31. The first-order valence-corrected chi connectivity index (χ1v) is 5.77. The van der Waals surface area contributed by atoms with Gasteiger partial charge in [0.2, 0.25) is 0 Å². The van der Waals surface area contributed by atoms with Gasteiger partial charge in [0.1, 0.15) is 5.15 Å². The minimum atomic E-state index is 0.268. The van der Waals surface area contributed by atoms with E-state index in [4.69, 9.17) is 27.9 Å². The lowest BCUT2D eigenvalue weighted by atomic mass is 10.3. The monoisotopic (exact) mass is 272 g/mol. The van der Waals surface area contributed by atoms with Crippen LogP contribution < -0.4 is 0 Å². The Hall–Kier alpha value is -1.17. The van der Waals surface area contributed by atoms with Gasteiger partial charge in [-0.05, 0) is 6.07 Å². The van der Waals surface area contributed by atoms with E-state index >= 15 is 0 Å². The number of methoxy groups -OCH3 is 1. The lowest BCUT2D eigenvalue weighted by Crippen LogP contribution is -2.02. The minimum absolute atomic E-state index is 0.268. The predicted molar refractivity (Wildman–Crippen MR) is 64.4 cm³/mol. The fourth-order valence-corrected chi connectivity index (χ4v) is 2.03. The van der Waals surface area contributed by atoms with Crippen molar-refractivity contribution >= 4 is 23.2 Å². The molecule has 2 aromatic rings. The van der Waals surface area contributed by atoms with Gasteiger partial charge < -0.3 is 4.74 Å². The number of hydrogen-bond donors (Lipinski definition) is 0. The number of aromatic nitrogens is 4. The summed E-state index contributed by atoms with van der Waals surface area (Å²) >= 11 is 12.0. The van der Waals surface area contributed by atoms with Crippen molar-refractivity contribution in [2.45, 2.75) is 12.5 Å². The summed E-state index contributed by atoms with van der Waals surface area (Å²) in [5.41, 5.74) is 1.43. The van der Waals surface area contributed by atoms with Crippen LogP contribution in [0.25, 0.3) is 5.95 Å². The molecular weight excluding hydrogens is 263 g/mol. The van der Waals surface area contributed by atoms with Crippen LogP contribution in [0, 0.1) is 0 Å². The van der Waals surface area contributed by atoms with Crippen molar-refractivity contribution in [3.63, 3.8) is 0 Å². The summed E-state index contributed by atoms with van der Waals surface area (Å²) in [6.07, 6.45) is 3.24. The zero-order valence-electron chi connectivity index (χ0n) is 9.10. The molecule has 0 unspecified atom stereocenters. The quantitative estimate of drug-likeness (QED) is 0.801. The van der Waals surface area contributed by atoms with Gasteiger partial charge in [-0.2, -0.15) is 9.78 Å². The first-order chi connectivity index (χ1) is 8.27. The summed E-state index contributed by atoms with van der Waals surface area (Å²) < 4.78 is 6.49. The van der Waals surface area contributed by atoms with Crippen molar-refractivity contribution < 1.29 is 4.74 Å². The van der Waals surface area contributed by atoms with Crippen LogP contribution >= 0.6 is 23.2 Å². The molecule has 0 N–H and O–H groups in total. The van der Waals surface area contributed by atoms with E-state index < -0.39 is 0 Å². The Bertz CT molecular complexity index is 501.